The summed E-state index contributed by atoms with van der Waals surface area (Å²) in [4.78, 5) is 38.2. The van der Waals surface area contributed by atoms with Crippen LogP contribution >= 0.6 is 0 Å². The number of rotatable bonds is 53. The lowest BCUT2D eigenvalue weighted by atomic mass is 10.0. The highest BCUT2D eigenvalue weighted by Gasteiger charge is 2.19. The van der Waals surface area contributed by atoms with Gasteiger partial charge in [0.05, 0.1) is 0 Å². The first-order chi connectivity index (χ1) is 35.5. The van der Waals surface area contributed by atoms with E-state index in [-0.39, 0.29) is 31.1 Å². The van der Waals surface area contributed by atoms with Crippen LogP contribution < -0.4 is 0 Å². The Bertz CT molecular complexity index is 1470. The molecule has 0 aromatic rings. The van der Waals surface area contributed by atoms with Crippen molar-refractivity contribution in [3.8, 4) is 0 Å². The van der Waals surface area contributed by atoms with Gasteiger partial charge in [-0.3, -0.25) is 14.4 Å². The minimum atomic E-state index is -0.794. The highest BCUT2D eigenvalue weighted by molar-refractivity contribution is 5.71. The summed E-state index contributed by atoms with van der Waals surface area (Å²) in [6, 6.07) is 0. The molecule has 72 heavy (non-hydrogen) atoms. The van der Waals surface area contributed by atoms with Crippen molar-refractivity contribution in [3.05, 3.63) is 109 Å². The van der Waals surface area contributed by atoms with Crippen LogP contribution in [0.15, 0.2) is 109 Å². The van der Waals surface area contributed by atoms with Crippen LogP contribution in [0.4, 0.5) is 0 Å². The van der Waals surface area contributed by atoms with Gasteiger partial charge in [-0.25, -0.2) is 0 Å². The molecule has 410 valence electrons. The molecule has 0 saturated heterocycles. The summed E-state index contributed by atoms with van der Waals surface area (Å²) in [5, 5.41) is 0. The molecule has 0 radical (unpaired) electrons. The average Bonchev–Trinajstić information content (AvgIpc) is 3.38. The van der Waals surface area contributed by atoms with Gasteiger partial charge in [0, 0.05) is 19.3 Å². The number of carbonyl (C=O) groups is 3. The van der Waals surface area contributed by atoms with E-state index in [9.17, 15) is 14.4 Å². The molecule has 0 saturated carbocycles. The van der Waals surface area contributed by atoms with Crippen molar-refractivity contribution in [3.63, 3.8) is 0 Å². The SMILES string of the molecule is CC/C=C\C/C=C\C/C=C\C/C=C\C/C=C\CCCCCCCCCCCCCC(=O)OCC(COC(=O)CCCCCCC/C=C\C/C=C\CCC)OC(=O)CCCCCCC/C=C\C/C=C\CCCC. The molecule has 0 spiro atoms. The molecule has 0 fully saturated rings. The second-order valence-corrected chi connectivity index (χ2v) is 19.5. The van der Waals surface area contributed by atoms with Gasteiger partial charge in [0.1, 0.15) is 13.2 Å². The molecule has 0 aliphatic rings. The summed E-state index contributed by atoms with van der Waals surface area (Å²) < 4.78 is 16.8. The van der Waals surface area contributed by atoms with Gasteiger partial charge >= 0.3 is 17.9 Å². The monoisotopic (exact) mass is 999 g/mol. The molecule has 6 nitrogen and oxygen atoms in total. The fourth-order valence-electron chi connectivity index (χ4n) is 7.99. The van der Waals surface area contributed by atoms with Gasteiger partial charge in [-0.2, -0.15) is 0 Å². The van der Waals surface area contributed by atoms with Crippen molar-refractivity contribution in [2.24, 2.45) is 0 Å². The lowest BCUT2D eigenvalue weighted by Crippen LogP contribution is -2.30. The second-order valence-electron chi connectivity index (χ2n) is 19.5. The van der Waals surface area contributed by atoms with Gasteiger partial charge in [-0.05, 0) is 116 Å². The quantitative estimate of drug-likeness (QED) is 0.0261. The maximum atomic E-state index is 12.8. The van der Waals surface area contributed by atoms with Crippen LogP contribution in [0, 0.1) is 0 Å². The van der Waals surface area contributed by atoms with E-state index >= 15 is 0 Å². The van der Waals surface area contributed by atoms with Crippen LogP contribution in [0.5, 0.6) is 0 Å². The van der Waals surface area contributed by atoms with E-state index in [1.165, 1.54) is 83.5 Å². The maximum absolute atomic E-state index is 12.8. The van der Waals surface area contributed by atoms with E-state index in [1.807, 2.05) is 0 Å². The number of hydrogen-bond acceptors (Lipinski definition) is 6. The molecule has 6 heteroatoms. The molecule has 1 unspecified atom stereocenters. The van der Waals surface area contributed by atoms with Crippen LogP contribution in [0.3, 0.4) is 0 Å². The zero-order valence-corrected chi connectivity index (χ0v) is 46.9. The topological polar surface area (TPSA) is 78.9 Å². The largest absolute Gasteiger partial charge is 0.462 e. The number of carbonyl (C=O) groups excluding carboxylic acids is 3. The standard InChI is InChI=1S/C66H110O6/c1-4-7-10-13-16-19-22-25-27-28-29-30-31-32-33-34-35-36-37-38-39-42-44-47-50-53-56-59-65(68)71-62-63(61-70-64(67)58-55-52-49-46-43-40-24-21-18-15-12-9-6-3)72-66(69)60-57-54-51-48-45-41-26-23-20-17-14-11-8-5-2/h7,10,12,14-17,19,21,23-27,29-30,32-33,63H,4-6,8-9,11,13,18,20,22,28,31,34-62H2,1-3H3/b10-7-,15-12-,17-14-,19-16-,24-21-,26-23-,27-25-,30-29-,33-32-. The van der Waals surface area contributed by atoms with Gasteiger partial charge in [-0.15, -0.1) is 0 Å². The number of unbranched alkanes of at least 4 members (excludes halogenated alkanes) is 24. The zero-order valence-electron chi connectivity index (χ0n) is 46.9. The third kappa shape index (κ3) is 57.0. The predicted molar refractivity (Wildman–Crippen MR) is 311 cm³/mol. The number of hydrogen-bond donors (Lipinski definition) is 0. The van der Waals surface area contributed by atoms with Crippen molar-refractivity contribution in [1.82, 2.24) is 0 Å². The van der Waals surface area contributed by atoms with Crippen molar-refractivity contribution < 1.29 is 28.6 Å². The molecule has 0 amide bonds. The fourth-order valence-corrected chi connectivity index (χ4v) is 7.99. The highest BCUT2D eigenvalue weighted by atomic mass is 16.6. The van der Waals surface area contributed by atoms with E-state index in [2.05, 4.69) is 130 Å². The van der Waals surface area contributed by atoms with Crippen LogP contribution in [-0.4, -0.2) is 37.2 Å². The molecular weight excluding hydrogens is 889 g/mol. The van der Waals surface area contributed by atoms with E-state index < -0.39 is 6.10 Å². The summed E-state index contributed by atoms with van der Waals surface area (Å²) in [6.45, 7) is 6.40. The average molecular weight is 1000 g/mol. The summed E-state index contributed by atoms with van der Waals surface area (Å²) >= 11 is 0. The Morgan fingerprint density at radius 3 is 0.903 bits per heavy atom. The summed E-state index contributed by atoms with van der Waals surface area (Å²) in [5.74, 6) is -0.920. The lowest BCUT2D eigenvalue weighted by Gasteiger charge is -2.18. The van der Waals surface area contributed by atoms with Gasteiger partial charge in [0.25, 0.3) is 0 Å². The Hall–Kier alpha value is -3.93. The Kier molecular flexibility index (Phi) is 56.4. The number of esters is 3. The van der Waals surface area contributed by atoms with Crippen LogP contribution in [0.25, 0.3) is 0 Å². The van der Waals surface area contributed by atoms with Gasteiger partial charge in [0.2, 0.25) is 0 Å². The zero-order chi connectivity index (χ0) is 52.2. The van der Waals surface area contributed by atoms with Crippen molar-refractivity contribution in [2.75, 3.05) is 13.2 Å². The van der Waals surface area contributed by atoms with Crippen molar-refractivity contribution >= 4 is 17.9 Å². The number of ether oxygens (including phenoxy) is 3. The van der Waals surface area contributed by atoms with Gasteiger partial charge in [-0.1, -0.05) is 246 Å². The van der Waals surface area contributed by atoms with Crippen LogP contribution in [0.2, 0.25) is 0 Å². The summed E-state index contributed by atoms with van der Waals surface area (Å²) in [5.41, 5.74) is 0. The second kappa shape index (κ2) is 59.6. The molecule has 0 rings (SSSR count). The third-order valence-corrected chi connectivity index (χ3v) is 12.5. The summed E-state index contributed by atoms with van der Waals surface area (Å²) in [7, 11) is 0. The molecule has 0 N–H and O–H groups in total. The molecule has 1 atom stereocenters. The molecule has 0 heterocycles. The Morgan fingerprint density at radius 1 is 0.292 bits per heavy atom. The first-order valence-electron chi connectivity index (χ1n) is 29.9. The van der Waals surface area contributed by atoms with E-state index in [0.717, 1.165) is 148 Å². The minimum Gasteiger partial charge on any atom is -0.462 e. The molecule has 0 aromatic carbocycles. The molecule has 0 aromatic heterocycles. The maximum Gasteiger partial charge on any atom is 0.306 e. The van der Waals surface area contributed by atoms with Gasteiger partial charge < -0.3 is 14.2 Å². The first kappa shape index (κ1) is 68.1. The van der Waals surface area contributed by atoms with E-state index in [0.29, 0.717) is 19.3 Å². The third-order valence-electron chi connectivity index (χ3n) is 12.5. The Morgan fingerprint density at radius 2 is 0.569 bits per heavy atom. The number of allylic oxidation sites excluding steroid dienone is 18. The first-order valence-corrected chi connectivity index (χ1v) is 29.9. The molecule has 0 aliphatic heterocycles. The molecule has 0 bridgehead atoms. The molecular formula is C66H110O6. The lowest BCUT2D eigenvalue weighted by molar-refractivity contribution is -0.167. The smallest absolute Gasteiger partial charge is 0.306 e. The normalized spacial score (nSPS) is 12.9. The molecule has 0 aliphatic carbocycles. The fraction of sp³-hybridized carbons (Fsp3) is 0.682. The summed E-state index contributed by atoms with van der Waals surface area (Å²) in [6.07, 6.45) is 80.8. The highest BCUT2D eigenvalue weighted by Crippen LogP contribution is 2.15. The van der Waals surface area contributed by atoms with E-state index in [4.69, 9.17) is 14.2 Å². The van der Waals surface area contributed by atoms with E-state index in [1.54, 1.807) is 0 Å². The minimum absolute atomic E-state index is 0.0905. The predicted octanol–water partition coefficient (Wildman–Crippen LogP) is 20.3. The Labute approximate surface area is 444 Å². The van der Waals surface area contributed by atoms with Crippen LogP contribution in [-0.2, 0) is 28.6 Å². The van der Waals surface area contributed by atoms with Crippen LogP contribution in [0.1, 0.15) is 271 Å². The van der Waals surface area contributed by atoms with Crippen molar-refractivity contribution in [2.45, 2.75) is 277 Å². The van der Waals surface area contributed by atoms with Crippen molar-refractivity contribution in [1.29, 1.82) is 0 Å². The van der Waals surface area contributed by atoms with Gasteiger partial charge in [0.15, 0.2) is 6.10 Å². The Balaban J connectivity index is 4.30.